The molecule has 3 atom stereocenters. The van der Waals surface area contributed by atoms with Crippen molar-refractivity contribution >= 4 is 9.84 Å². The Balaban J connectivity index is 2.60. The van der Waals surface area contributed by atoms with Crippen LogP contribution in [0.3, 0.4) is 0 Å². The molecule has 1 saturated carbocycles. The van der Waals surface area contributed by atoms with Crippen LogP contribution in [0, 0.1) is 5.92 Å². The average molecular weight is 247 g/mol. The van der Waals surface area contributed by atoms with Gasteiger partial charge in [-0.2, -0.15) is 0 Å². The van der Waals surface area contributed by atoms with Crippen LogP contribution in [0.5, 0.6) is 0 Å². The fraction of sp³-hybridized carbons (Fsp3) is 1.00. The third kappa shape index (κ3) is 3.45. The highest BCUT2D eigenvalue weighted by Crippen LogP contribution is 2.30. The lowest BCUT2D eigenvalue weighted by atomic mass is 9.86. The molecule has 0 aromatic carbocycles. The van der Waals surface area contributed by atoms with Crippen LogP contribution in [0.4, 0.5) is 0 Å². The van der Waals surface area contributed by atoms with E-state index in [1.807, 2.05) is 6.92 Å². The molecule has 0 saturated heterocycles. The van der Waals surface area contributed by atoms with Crippen LogP contribution in [0.2, 0.25) is 0 Å². The Bertz CT molecular complexity index is 300. The highest BCUT2D eigenvalue weighted by molar-refractivity contribution is 7.92. The zero-order valence-electron chi connectivity index (χ0n) is 10.7. The van der Waals surface area contributed by atoms with Crippen LogP contribution in [-0.4, -0.2) is 32.0 Å². The van der Waals surface area contributed by atoms with E-state index in [0.717, 1.165) is 32.2 Å². The van der Waals surface area contributed by atoms with Crippen LogP contribution in [0.1, 0.15) is 46.5 Å². The van der Waals surface area contributed by atoms with Gasteiger partial charge >= 0.3 is 0 Å². The van der Waals surface area contributed by atoms with Crippen LogP contribution >= 0.6 is 0 Å². The molecule has 1 N–H and O–H groups in total. The summed E-state index contributed by atoms with van der Waals surface area (Å²) in [7, 11) is -2.85. The molecule has 0 bridgehead atoms. The fourth-order valence-electron chi connectivity index (χ4n) is 2.81. The molecule has 0 spiro atoms. The Morgan fingerprint density at radius 1 is 1.25 bits per heavy atom. The molecule has 0 aliphatic heterocycles. The lowest BCUT2D eigenvalue weighted by Gasteiger charge is -2.34. The number of sulfone groups is 1. The van der Waals surface area contributed by atoms with Crippen molar-refractivity contribution in [3.63, 3.8) is 0 Å². The first-order valence-electron chi connectivity index (χ1n) is 6.46. The van der Waals surface area contributed by atoms with E-state index in [-0.39, 0.29) is 5.25 Å². The Kier molecular flexibility index (Phi) is 5.25. The Morgan fingerprint density at radius 3 is 2.44 bits per heavy atom. The van der Waals surface area contributed by atoms with E-state index in [1.165, 1.54) is 0 Å². The summed E-state index contributed by atoms with van der Waals surface area (Å²) in [5, 5.41) is 3.33. The summed E-state index contributed by atoms with van der Waals surface area (Å²) in [6.45, 7) is 7.10. The average Bonchev–Trinajstić information content (AvgIpc) is 2.17. The van der Waals surface area contributed by atoms with E-state index in [0.29, 0.717) is 17.7 Å². The van der Waals surface area contributed by atoms with Crippen LogP contribution < -0.4 is 5.32 Å². The fourth-order valence-corrected chi connectivity index (χ4v) is 5.00. The monoisotopic (exact) mass is 247 g/mol. The van der Waals surface area contributed by atoms with E-state index in [9.17, 15) is 8.42 Å². The minimum atomic E-state index is -2.85. The Labute approximate surface area is 99.9 Å². The van der Waals surface area contributed by atoms with Gasteiger partial charge < -0.3 is 5.32 Å². The largest absolute Gasteiger partial charge is 0.314 e. The molecule has 96 valence electrons. The Hall–Kier alpha value is -0.0900. The predicted molar refractivity (Wildman–Crippen MR) is 68.3 cm³/mol. The van der Waals surface area contributed by atoms with Gasteiger partial charge in [0.1, 0.15) is 0 Å². The number of hydrogen-bond acceptors (Lipinski definition) is 3. The van der Waals surface area contributed by atoms with E-state index in [2.05, 4.69) is 19.2 Å². The number of rotatable bonds is 5. The topological polar surface area (TPSA) is 46.2 Å². The quantitative estimate of drug-likeness (QED) is 0.808. The molecular formula is C12H25NO2S. The van der Waals surface area contributed by atoms with Crippen molar-refractivity contribution in [3.8, 4) is 0 Å². The molecule has 1 fully saturated rings. The first kappa shape index (κ1) is 14.0. The second kappa shape index (κ2) is 6.01. The maximum atomic E-state index is 12.0. The summed E-state index contributed by atoms with van der Waals surface area (Å²) in [6.07, 6.45) is 3.58. The molecule has 3 unspecified atom stereocenters. The molecule has 1 aliphatic carbocycles. The molecule has 0 aromatic heterocycles. The maximum Gasteiger partial charge on any atom is 0.153 e. The van der Waals surface area contributed by atoms with Gasteiger partial charge in [-0.3, -0.25) is 0 Å². The van der Waals surface area contributed by atoms with E-state index in [1.54, 1.807) is 0 Å². The van der Waals surface area contributed by atoms with Gasteiger partial charge in [-0.05, 0) is 38.1 Å². The zero-order valence-corrected chi connectivity index (χ0v) is 11.5. The number of hydrogen-bond donors (Lipinski definition) is 1. The molecule has 16 heavy (non-hydrogen) atoms. The van der Waals surface area contributed by atoms with Crippen LogP contribution in [0.25, 0.3) is 0 Å². The first-order valence-corrected chi connectivity index (χ1v) is 8.17. The second-order valence-electron chi connectivity index (χ2n) is 4.95. The van der Waals surface area contributed by atoms with Crippen molar-refractivity contribution in [3.05, 3.63) is 0 Å². The summed E-state index contributed by atoms with van der Waals surface area (Å²) in [5.41, 5.74) is 0. The second-order valence-corrected chi connectivity index (χ2v) is 7.29. The van der Waals surface area contributed by atoms with Gasteiger partial charge in [-0.25, -0.2) is 8.42 Å². The van der Waals surface area contributed by atoms with Gasteiger partial charge in [0.15, 0.2) is 9.84 Å². The van der Waals surface area contributed by atoms with Crippen molar-refractivity contribution in [2.45, 2.75) is 57.7 Å². The highest BCUT2D eigenvalue weighted by Gasteiger charge is 2.35. The van der Waals surface area contributed by atoms with Crippen molar-refractivity contribution in [1.29, 1.82) is 0 Å². The summed E-state index contributed by atoms with van der Waals surface area (Å²) >= 11 is 0. The lowest BCUT2D eigenvalue weighted by Crippen LogP contribution is -2.42. The van der Waals surface area contributed by atoms with Gasteiger partial charge in [0.2, 0.25) is 0 Å². The third-order valence-corrected chi connectivity index (χ3v) is 6.13. The smallest absolute Gasteiger partial charge is 0.153 e. The van der Waals surface area contributed by atoms with Gasteiger partial charge in [0, 0.05) is 6.04 Å². The standard InChI is InChI=1S/C12H25NO2S/c1-4-8-16(14,15)12-7-6-11(13-5-2)9-10(12)3/h10-13H,4-9H2,1-3H3. The molecular weight excluding hydrogens is 222 g/mol. The van der Waals surface area contributed by atoms with Crippen molar-refractivity contribution < 1.29 is 8.42 Å². The maximum absolute atomic E-state index is 12.0. The van der Waals surface area contributed by atoms with Crippen LogP contribution in [0.15, 0.2) is 0 Å². The van der Waals surface area contributed by atoms with Gasteiger partial charge in [-0.15, -0.1) is 0 Å². The van der Waals surface area contributed by atoms with E-state index >= 15 is 0 Å². The normalized spacial score (nSPS) is 31.6. The van der Waals surface area contributed by atoms with Crippen LogP contribution in [-0.2, 0) is 9.84 Å². The third-order valence-electron chi connectivity index (χ3n) is 3.53. The van der Waals surface area contributed by atoms with Crippen molar-refractivity contribution in [2.75, 3.05) is 12.3 Å². The summed E-state index contributed by atoms with van der Waals surface area (Å²) in [6, 6.07) is 0.521. The summed E-state index contributed by atoms with van der Waals surface area (Å²) in [4.78, 5) is 0. The molecule has 0 radical (unpaired) electrons. The van der Waals surface area contributed by atoms with E-state index < -0.39 is 9.84 Å². The minimum Gasteiger partial charge on any atom is -0.314 e. The summed E-state index contributed by atoms with van der Waals surface area (Å²) < 4.78 is 24.1. The highest BCUT2D eigenvalue weighted by atomic mass is 32.2. The van der Waals surface area contributed by atoms with Gasteiger partial charge in [-0.1, -0.05) is 20.8 Å². The molecule has 3 nitrogen and oxygen atoms in total. The van der Waals surface area contributed by atoms with Gasteiger partial charge in [0.05, 0.1) is 11.0 Å². The Morgan fingerprint density at radius 2 is 1.94 bits per heavy atom. The molecule has 0 amide bonds. The predicted octanol–water partition coefficient (Wildman–Crippen LogP) is 1.98. The van der Waals surface area contributed by atoms with Gasteiger partial charge in [0.25, 0.3) is 0 Å². The van der Waals surface area contributed by atoms with Crippen molar-refractivity contribution in [1.82, 2.24) is 5.32 Å². The number of nitrogens with one attached hydrogen (secondary N) is 1. The first-order chi connectivity index (χ1) is 7.51. The molecule has 0 aromatic rings. The van der Waals surface area contributed by atoms with Crippen molar-refractivity contribution in [2.24, 2.45) is 5.92 Å². The molecule has 1 rings (SSSR count). The molecule has 1 aliphatic rings. The molecule has 4 heteroatoms. The van der Waals surface area contributed by atoms with E-state index in [4.69, 9.17) is 0 Å². The SMILES string of the molecule is CCCS(=O)(=O)C1CCC(NCC)CC1C. The zero-order chi connectivity index (χ0) is 12.2. The minimum absolute atomic E-state index is 0.0950. The lowest BCUT2D eigenvalue weighted by molar-refractivity contribution is 0.306. The molecule has 0 heterocycles. The summed E-state index contributed by atoms with van der Waals surface area (Å²) in [5.74, 6) is 0.655.